The maximum Gasteiger partial charge on any atom is 0.253 e. The van der Waals surface area contributed by atoms with Gasteiger partial charge in [0.2, 0.25) is 11.8 Å². The number of nitrogens with zero attached hydrogens (tertiary/aromatic N) is 4. The van der Waals surface area contributed by atoms with E-state index in [1.165, 1.54) is 25.9 Å². The van der Waals surface area contributed by atoms with Crippen LogP contribution in [0.5, 0.6) is 5.75 Å². The molecule has 3 fully saturated rings. The van der Waals surface area contributed by atoms with Gasteiger partial charge in [-0.15, -0.1) is 0 Å². The summed E-state index contributed by atoms with van der Waals surface area (Å²) in [5.41, 5.74) is 16.5. The van der Waals surface area contributed by atoms with Crippen LogP contribution in [-0.2, 0) is 11.2 Å². The summed E-state index contributed by atoms with van der Waals surface area (Å²) >= 11 is 0. The van der Waals surface area contributed by atoms with E-state index in [9.17, 15) is 14.4 Å². The third kappa shape index (κ3) is 7.59. The minimum absolute atomic E-state index is 0.0796. The maximum atomic E-state index is 13.3. The second-order valence-electron chi connectivity index (χ2n) is 13.1. The van der Waals surface area contributed by atoms with E-state index in [2.05, 4.69) is 9.88 Å². The number of amides is 3. The number of hydrogen-bond acceptors (Lipinski definition) is 7. The predicted octanol–water partition coefficient (Wildman–Crippen LogP) is 4.83. The Labute approximate surface area is 277 Å². The Kier molecular flexibility index (Phi) is 10.1. The Morgan fingerprint density at radius 2 is 1.70 bits per heavy atom. The van der Waals surface area contributed by atoms with E-state index in [1.807, 2.05) is 59.2 Å². The lowest BCUT2D eigenvalue weighted by atomic mass is 9.97. The summed E-state index contributed by atoms with van der Waals surface area (Å²) in [6.07, 6.45) is 8.86. The Morgan fingerprint density at radius 3 is 2.38 bits per heavy atom. The lowest BCUT2D eigenvalue weighted by Crippen LogP contribution is -2.45. The third-order valence-corrected chi connectivity index (χ3v) is 9.97. The van der Waals surface area contributed by atoms with Crippen molar-refractivity contribution in [3.63, 3.8) is 0 Å². The van der Waals surface area contributed by atoms with Gasteiger partial charge in [0.05, 0.1) is 0 Å². The molecule has 10 heteroatoms. The van der Waals surface area contributed by atoms with E-state index >= 15 is 0 Å². The van der Waals surface area contributed by atoms with E-state index in [0.29, 0.717) is 42.3 Å². The van der Waals surface area contributed by atoms with Gasteiger partial charge < -0.3 is 30.9 Å². The van der Waals surface area contributed by atoms with Crippen LogP contribution in [0.4, 0.5) is 5.82 Å². The number of pyridine rings is 1. The Morgan fingerprint density at radius 1 is 0.957 bits per heavy atom. The first kappa shape index (κ1) is 32.5. The topological polar surface area (TPSA) is 135 Å². The first-order chi connectivity index (χ1) is 22.8. The summed E-state index contributed by atoms with van der Waals surface area (Å²) in [5, 5.41) is 0. The average Bonchev–Trinajstić information content (AvgIpc) is 3.78. The van der Waals surface area contributed by atoms with Gasteiger partial charge in [0.1, 0.15) is 6.10 Å². The van der Waals surface area contributed by atoms with E-state index in [-0.39, 0.29) is 23.7 Å². The molecule has 0 saturated carbocycles. The number of carbonyl (C=O) groups excluding carboxylic acids is 3. The highest BCUT2D eigenvalue weighted by Gasteiger charge is 2.29. The largest absolute Gasteiger partial charge is 0.482 e. The van der Waals surface area contributed by atoms with Crippen LogP contribution < -0.4 is 16.2 Å². The normalized spacial score (nSPS) is 18.1. The fourth-order valence-electron chi connectivity index (χ4n) is 7.21. The number of piperidine rings is 1. The summed E-state index contributed by atoms with van der Waals surface area (Å²) in [5.74, 6) is 0.513. The van der Waals surface area contributed by atoms with Crippen LogP contribution in [0.2, 0.25) is 0 Å². The molecule has 0 spiro atoms. The molecule has 1 aromatic heterocycles. The van der Waals surface area contributed by atoms with Crippen molar-refractivity contribution < 1.29 is 19.1 Å². The number of ether oxygens (including phenoxy) is 1. The van der Waals surface area contributed by atoms with Crippen molar-refractivity contribution in [3.05, 3.63) is 77.0 Å². The Hall–Kier alpha value is -4.44. The predicted molar refractivity (Wildman–Crippen MR) is 182 cm³/mol. The second kappa shape index (κ2) is 14.5. The Bertz CT molecular complexity index is 1590. The zero-order chi connectivity index (χ0) is 32.9. The molecule has 47 heavy (non-hydrogen) atoms. The van der Waals surface area contributed by atoms with Crippen molar-refractivity contribution >= 4 is 23.5 Å². The van der Waals surface area contributed by atoms with Crippen molar-refractivity contribution in [2.75, 3.05) is 45.0 Å². The van der Waals surface area contributed by atoms with Gasteiger partial charge in [-0.3, -0.25) is 14.4 Å². The lowest BCUT2D eigenvalue weighted by Gasteiger charge is -2.36. The number of rotatable bonds is 11. The molecule has 3 aromatic rings. The van der Waals surface area contributed by atoms with E-state index in [1.54, 1.807) is 12.3 Å². The molecule has 3 aliphatic rings. The summed E-state index contributed by atoms with van der Waals surface area (Å²) < 4.78 is 6.31. The van der Waals surface area contributed by atoms with Crippen molar-refractivity contribution in [1.82, 2.24) is 19.7 Å². The molecular formula is C37H46N6O4. The molecule has 4 heterocycles. The van der Waals surface area contributed by atoms with E-state index in [0.717, 1.165) is 67.6 Å². The molecule has 248 valence electrons. The van der Waals surface area contributed by atoms with Crippen molar-refractivity contribution in [2.45, 2.75) is 70.4 Å². The van der Waals surface area contributed by atoms with E-state index < -0.39 is 5.91 Å². The zero-order valence-electron chi connectivity index (χ0n) is 27.3. The van der Waals surface area contributed by atoms with Crippen LogP contribution >= 0.6 is 0 Å². The van der Waals surface area contributed by atoms with Crippen molar-refractivity contribution in [2.24, 2.45) is 5.73 Å². The van der Waals surface area contributed by atoms with Crippen LogP contribution in [0.1, 0.15) is 89.8 Å². The molecule has 3 amide bonds. The van der Waals surface area contributed by atoms with Gasteiger partial charge in [0, 0.05) is 61.5 Å². The number of likely N-dealkylation sites (tertiary alicyclic amines) is 3. The third-order valence-electron chi connectivity index (χ3n) is 9.97. The highest BCUT2D eigenvalue weighted by Crippen LogP contribution is 2.32. The molecule has 3 saturated heterocycles. The molecule has 10 nitrogen and oxygen atoms in total. The number of aryl methyl sites for hydroxylation is 1. The highest BCUT2D eigenvalue weighted by atomic mass is 16.5. The number of primary amides is 1. The van der Waals surface area contributed by atoms with Crippen molar-refractivity contribution in [3.8, 4) is 16.9 Å². The van der Waals surface area contributed by atoms with Gasteiger partial charge in [-0.2, -0.15) is 0 Å². The fourth-order valence-corrected chi connectivity index (χ4v) is 7.21. The molecule has 3 aliphatic heterocycles. The highest BCUT2D eigenvalue weighted by molar-refractivity contribution is 5.95. The number of benzene rings is 2. The van der Waals surface area contributed by atoms with Crippen LogP contribution in [0.25, 0.3) is 11.1 Å². The van der Waals surface area contributed by atoms with E-state index in [4.69, 9.17) is 16.2 Å². The van der Waals surface area contributed by atoms with Crippen LogP contribution in [0, 0.1) is 0 Å². The van der Waals surface area contributed by atoms with Crippen LogP contribution in [-0.4, -0.2) is 82.7 Å². The summed E-state index contributed by atoms with van der Waals surface area (Å²) in [6.45, 7) is 7.37. The van der Waals surface area contributed by atoms with Gasteiger partial charge in [-0.25, -0.2) is 4.98 Å². The summed E-state index contributed by atoms with van der Waals surface area (Å²) in [4.78, 5) is 48.3. The molecule has 0 aliphatic carbocycles. The van der Waals surface area contributed by atoms with Gasteiger partial charge >= 0.3 is 0 Å². The molecule has 1 unspecified atom stereocenters. The maximum absolute atomic E-state index is 13.3. The van der Waals surface area contributed by atoms with Gasteiger partial charge in [-0.05, 0) is 106 Å². The number of hydrogen-bond donors (Lipinski definition) is 2. The zero-order valence-corrected chi connectivity index (χ0v) is 27.3. The quantitative estimate of drug-likeness (QED) is 0.307. The van der Waals surface area contributed by atoms with Gasteiger partial charge in [0.15, 0.2) is 11.6 Å². The SMILES string of the molecule is CC(Oc1cc(-c2ccc(C(=O)N3CCC(N4CCCC4)CC3)cc2)cnc1N)c1ccc(C(N)=O)c(CCCN2CCCC2=O)c1. The van der Waals surface area contributed by atoms with Crippen LogP contribution in [0.15, 0.2) is 54.7 Å². The molecule has 2 aromatic carbocycles. The molecular weight excluding hydrogens is 592 g/mol. The first-order valence-electron chi connectivity index (χ1n) is 17.0. The van der Waals surface area contributed by atoms with Gasteiger partial charge in [0.25, 0.3) is 5.91 Å². The summed E-state index contributed by atoms with van der Waals surface area (Å²) in [7, 11) is 0. The number of aromatic nitrogens is 1. The second-order valence-corrected chi connectivity index (χ2v) is 13.1. The fraction of sp³-hybridized carbons (Fsp3) is 0.459. The minimum Gasteiger partial charge on any atom is -0.482 e. The van der Waals surface area contributed by atoms with Crippen LogP contribution in [0.3, 0.4) is 0 Å². The molecule has 6 rings (SSSR count). The number of nitrogens with two attached hydrogens (primary N) is 2. The standard InChI is InChI=1S/C37H46N6O4/c1-25(28-12-13-32(36(39)45)29(22-28)6-4-18-42-19-5-7-34(42)44)47-33-23-30(24-40-35(33)38)26-8-10-27(11-9-26)37(46)43-20-14-31(15-21-43)41-16-2-3-17-41/h8-13,22-25,31H,2-7,14-21H2,1H3,(H2,38,40)(H2,39,45). The molecule has 1 atom stereocenters. The number of anilines is 1. The first-order valence-corrected chi connectivity index (χ1v) is 17.0. The average molecular weight is 639 g/mol. The minimum atomic E-state index is -0.478. The smallest absolute Gasteiger partial charge is 0.253 e. The Balaban J connectivity index is 1.09. The lowest BCUT2D eigenvalue weighted by molar-refractivity contribution is -0.127. The van der Waals surface area contributed by atoms with Crippen molar-refractivity contribution in [1.29, 1.82) is 0 Å². The summed E-state index contributed by atoms with van der Waals surface area (Å²) in [6, 6.07) is 15.6. The monoisotopic (exact) mass is 638 g/mol. The molecule has 4 N–H and O–H groups in total. The number of carbonyl (C=O) groups is 3. The van der Waals surface area contributed by atoms with Gasteiger partial charge in [-0.1, -0.05) is 24.3 Å². The number of nitrogen functional groups attached to an aromatic ring is 1. The molecule has 0 bridgehead atoms. The molecule has 0 radical (unpaired) electrons.